The van der Waals surface area contributed by atoms with Crippen LogP contribution < -0.4 is 0 Å². The lowest BCUT2D eigenvalue weighted by molar-refractivity contribution is 0.440. The number of hydrogen-bond donors (Lipinski definition) is 2. The molecule has 0 aliphatic rings. The molecule has 0 aromatic heterocycles. The van der Waals surface area contributed by atoms with Crippen LogP contribution in [0.2, 0.25) is 0 Å². The summed E-state index contributed by atoms with van der Waals surface area (Å²) in [6, 6.07) is 2.63. The molecule has 0 atom stereocenters. The highest BCUT2D eigenvalue weighted by Crippen LogP contribution is 2.30. The lowest BCUT2D eigenvalue weighted by Crippen LogP contribution is -1.96. The Bertz CT molecular complexity index is 453. The number of halogens is 1. The van der Waals surface area contributed by atoms with Gasteiger partial charge in [-0.2, -0.15) is 0 Å². The molecule has 0 heterocycles. The molecule has 6 heteroatoms. The van der Waals surface area contributed by atoms with E-state index in [1.807, 2.05) is 0 Å². The molecule has 0 radical (unpaired) electrons. The zero-order chi connectivity index (χ0) is 10.9. The smallest absolute Gasteiger partial charge is 0.236 e. The fraction of sp³-hybridized carbons (Fsp3) is 0.250. The van der Waals surface area contributed by atoms with Crippen molar-refractivity contribution in [3.63, 3.8) is 0 Å². The Morgan fingerprint density at radius 1 is 1.36 bits per heavy atom. The van der Waals surface area contributed by atoms with Crippen molar-refractivity contribution in [2.24, 2.45) is 0 Å². The Hall–Kier alpha value is -0.940. The highest BCUT2D eigenvalue weighted by Gasteiger charge is 2.14. The van der Waals surface area contributed by atoms with Gasteiger partial charge in [0.15, 0.2) is 0 Å². The third-order valence-electron chi connectivity index (χ3n) is 1.81. The summed E-state index contributed by atoms with van der Waals surface area (Å²) < 4.78 is 21.5. The van der Waals surface area contributed by atoms with Crippen LogP contribution in [0.25, 0.3) is 0 Å². The van der Waals surface area contributed by atoms with Crippen LogP contribution in [0.1, 0.15) is 11.1 Å². The van der Waals surface area contributed by atoms with E-state index in [9.17, 15) is 18.6 Å². The molecule has 0 amide bonds. The molecular weight excluding hydrogens is 228 g/mol. The summed E-state index contributed by atoms with van der Waals surface area (Å²) >= 11 is 0. The Morgan fingerprint density at radius 2 is 1.93 bits per heavy atom. The SMILES string of the molecule is Cc1c(O)ccc(CS(=O)(=O)Cl)c1O. The molecule has 4 nitrogen and oxygen atoms in total. The van der Waals surface area contributed by atoms with Gasteiger partial charge in [0.2, 0.25) is 9.05 Å². The van der Waals surface area contributed by atoms with Gasteiger partial charge < -0.3 is 10.2 Å². The number of phenolic OH excluding ortho intramolecular Hbond substituents is 2. The molecule has 0 aliphatic carbocycles. The zero-order valence-electron chi connectivity index (χ0n) is 7.36. The van der Waals surface area contributed by atoms with Crippen molar-refractivity contribution in [3.8, 4) is 11.5 Å². The van der Waals surface area contributed by atoms with E-state index in [4.69, 9.17) is 10.7 Å². The highest BCUT2D eigenvalue weighted by molar-refractivity contribution is 8.13. The van der Waals surface area contributed by atoms with Crippen LogP contribution in [0.5, 0.6) is 11.5 Å². The monoisotopic (exact) mass is 236 g/mol. The van der Waals surface area contributed by atoms with Gasteiger partial charge in [-0.05, 0) is 13.0 Å². The summed E-state index contributed by atoms with van der Waals surface area (Å²) in [7, 11) is 1.33. The van der Waals surface area contributed by atoms with E-state index < -0.39 is 14.8 Å². The molecule has 1 aromatic carbocycles. The maximum Gasteiger partial charge on any atom is 0.236 e. The van der Waals surface area contributed by atoms with Crippen molar-refractivity contribution in [1.29, 1.82) is 0 Å². The molecule has 0 unspecified atom stereocenters. The molecular formula is C8H9ClO4S. The summed E-state index contributed by atoms with van der Waals surface area (Å²) in [5.74, 6) is -0.783. The van der Waals surface area contributed by atoms with E-state index in [0.29, 0.717) is 0 Å². The fourth-order valence-corrected chi connectivity index (χ4v) is 2.00. The van der Waals surface area contributed by atoms with Crippen LogP contribution in [-0.2, 0) is 14.8 Å². The second-order valence-corrected chi connectivity index (χ2v) is 5.68. The second kappa shape index (κ2) is 3.67. The molecule has 0 fully saturated rings. The fourth-order valence-electron chi connectivity index (χ4n) is 1.05. The standard InChI is InChI=1S/C8H9ClO4S/c1-5-7(10)3-2-6(8(5)11)4-14(9,12)13/h2-3,10-11H,4H2,1H3. The van der Waals surface area contributed by atoms with Gasteiger partial charge in [-0.25, -0.2) is 8.42 Å². The molecule has 2 N–H and O–H groups in total. The Labute approximate surface area is 86.2 Å². The van der Waals surface area contributed by atoms with Crippen LogP contribution in [-0.4, -0.2) is 18.6 Å². The number of rotatable bonds is 2. The number of aromatic hydroxyl groups is 2. The molecule has 14 heavy (non-hydrogen) atoms. The maximum absolute atomic E-state index is 10.7. The van der Waals surface area contributed by atoms with Gasteiger partial charge in [-0.1, -0.05) is 6.07 Å². The molecule has 0 bridgehead atoms. The van der Waals surface area contributed by atoms with E-state index in [-0.39, 0.29) is 22.6 Å². The third-order valence-corrected chi connectivity index (χ3v) is 2.80. The van der Waals surface area contributed by atoms with Crippen molar-refractivity contribution in [1.82, 2.24) is 0 Å². The first kappa shape index (κ1) is 11.1. The van der Waals surface area contributed by atoms with Gasteiger partial charge in [-0.15, -0.1) is 0 Å². The van der Waals surface area contributed by atoms with E-state index in [1.165, 1.54) is 19.1 Å². The average molecular weight is 237 g/mol. The molecule has 78 valence electrons. The van der Waals surface area contributed by atoms with Crippen LogP contribution in [0.4, 0.5) is 0 Å². The minimum absolute atomic E-state index is 0.0850. The Morgan fingerprint density at radius 3 is 2.43 bits per heavy atom. The number of phenols is 2. The normalized spacial score (nSPS) is 11.6. The largest absolute Gasteiger partial charge is 0.508 e. The minimum Gasteiger partial charge on any atom is -0.508 e. The first-order valence-corrected chi connectivity index (χ1v) is 6.22. The lowest BCUT2D eigenvalue weighted by Gasteiger charge is -2.06. The van der Waals surface area contributed by atoms with Gasteiger partial charge in [-0.3, -0.25) is 0 Å². The summed E-state index contributed by atoms with van der Waals surface area (Å²) in [6.45, 7) is 1.48. The predicted octanol–water partition coefficient (Wildman–Crippen LogP) is 1.47. The Balaban J connectivity index is 3.19. The summed E-state index contributed by atoms with van der Waals surface area (Å²) in [4.78, 5) is 0. The quantitative estimate of drug-likeness (QED) is 0.763. The van der Waals surface area contributed by atoms with E-state index in [1.54, 1.807) is 0 Å². The first-order valence-electron chi connectivity index (χ1n) is 3.74. The molecule has 0 spiro atoms. The van der Waals surface area contributed by atoms with Gasteiger partial charge in [0.05, 0.1) is 5.75 Å². The predicted molar refractivity (Wildman–Crippen MR) is 53.0 cm³/mol. The Kier molecular flexibility index (Phi) is 2.92. The van der Waals surface area contributed by atoms with Crippen LogP contribution in [0.15, 0.2) is 12.1 Å². The van der Waals surface area contributed by atoms with Crippen molar-refractivity contribution < 1.29 is 18.6 Å². The molecule has 0 saturated heterocycles. The molecule has 0 saturated carbocycles. The van der Waals surface area contributed by atoms with E-state index in [2.05, 4.69) is 0 Å². The van der Waals surface area contributed by atoms with Crippen LogP contribution >= 0.6 is 10.7 Å². The van der Waals surface area contributed by atoms with Gasteiger partial charge in [0, 0.05) is 21.8 Å². The minimum atomic E-state index is -3.70. The molecule has 0 aliphatic heterocycles. The van der Waals surface area contributed by atoms with Crippen molar-refractivity contribution in [2.75, 3.05) is 0 Å². The van der Waals surface area contributed by atoms with Crippen molar-refractivity contribution in [2.45, 2.75) is 12.7 Å². The second-order valence-electron chi connectivity index (χ2n) is 2.90. The van der Waals surface area contributed by atoms with Crippen LogP contribution in [0, 0.1) is 6.92 Å². The van der Waals surface area contributed by atoms with Crippen molar-refractivity contribution >= 4 is 19.7 Å². The van der Waals surface area contributed by atoms with Crippen LogP contribution in [0.3, 0.4) is 0 Å². The van der Waals surface area contributed by atoms with Crippen molar-refractivity contribution in [3.05, 3.63) is 23.3 Å². The van der Waals surface area contributed by atoms with E-state index in [0.717, 1.165) is 0 Å². The summed E-state index contributed by atoms with van der Waals surface area (Å²) in [6.07, 6.45) is 0. The number of benzene rings is 1. The first-order chi connectivity index (χ1) is 6.31. The lowest BCUT2D eigenvalue weighted by atomic mass is 10.1. The van der Waals surface area contributed by atoms with Gasteiger partial charge in [0.25, 0.3) is 0 Å². The highest BCUT2D eigenvalue weighted by atomic mass is 35.7. The third kappa shape index (κ3) is 2.52. The summed E-state index contributed by atoms with van der Waals surface area (Å²) in [5, 5.41) is 18.6. The van der Waals surface area contributed by atoms with Gasteiger partial charge >= 0.3 is 0 Å². The average Bonchev–Trinajstić information content (AvgIpc) is 2.04. The molecule has 1 aromatic rings. The number of hydrogen-bond acceptors (Lipinski definition) is 4. The maximum atomic E-state index is 10.7. The summed E-state index contributed by atoms with van der Waals surface area (Å²) in [5.41, 5.74) is 0.415. The van der Waals surface area contributed by atoms with E-state index >= 15 is 0 Å². The topological polar surface area (TPSA) is 74.6 Å². The zero-order valence-corrected chi connectivity index (χ0v) is 8.93. The van der Waals surface area contributed by atoms with Gasteiger partial charge in [0.1, 0.15) is 11.5 Å². The molecule has 1 rings (SSSR count).